The van der Waals surface area contributed by atoms with Gasteiger partial charge in [0.15, 0.2) is 0 Å². The second-order valence-corrected chi connectivity index (χ2v) is 6.40. The Morgan fingerprint density at radius 3 is 2.50 bits per heavy atom. The average molecular weight is 324 g/mol. The number of ether oxygens (including phenoxy) is 1. The number of hydrogen-bond donors (Lipinski definition) is 1. The van der Waals surface area contributed by atoms with Crippen LogP contribution in [0.2, 0.25) is 5.02 Å². The highest BCUT2D eigenvalue weighted by Crippen LogP contribution is 2.28. The Balaban J connectivity index is 2.50. The summed E-state index contributed by atoms with van der Waals surface area (Å²) in [5, 5.41) is 8.50. The van der Waals surface area contributed by atoms with Crippen LogP contribution in [0, 0.1) is 5.82 Å². The van der Waals surface area contributed by atoms with Crippen LogP contribution in [-0.2, 0) is 14.8 Å². The second-order valence-electron chi connectivity index (χ2n) is 4.08. The topological polar surface area (TPSA) is 83.9 Å². The molecule has 1 saturated heterocycles. The number of halogens is 2. The minimum Gasteiger partial charge on any atom is -0.478 e. The molecule has 0 unspecified atom stereocenters. The van der Waals surface area contributed by atoms with Gasteiger partial charge >= 0.3 is 5.97 Å². The smallest absolute Gasteiger partial charge is 0.338 e. The van der Waals surface area contributed by atoms with Crippen molar-refractivity contribution < 1.29 is 27.4 Å². The third-order valence-electron chi connectivity index (χ3n) is 2.84. The summed E-state index contributed by atoms with van der Waals surface area (Å²) < 4.78 is 44.3. The number of hydrogen-bond acceptors (Lipinski definition) is 4. The summed E-state index contributed by atoms with van der Waals surface area (Å²) in [6.45, 7) is 0.755. The van der Waals surface area contributed by atoms with Gasteiger partial charge in [-0.25, -0.2) is 17.6 Å². The molecule has 6 nitrogen and oxygen atoms in total. The third-order valence-corrected chi connectivity index (χ3v) is 5.20. The summed E-state index contributed by atoms with van der Waals surface area (Å²) in [6, 6.07) is 1.43. The molecule has 1 aliphatic rings. The Morgan fingerprint density at radius 1 is 1.35 bits per heavy atom. The van der Waals surface area contributed by atoms with E-state index in [4.69, 9.17) is 21.4 Å². The SMILES string of the molecule is O=C(O)c1cc(S(=O)(=O)N2CCOCC2)c(Cl)cc1F. The van der Waals surface area contributed by atoms with E-state index in [1.165, 1.54) is 0 Å². The number of benzene rings is 1. The van der Waals surface area contributed by atoms with Crippen LogP contribution in [0.4, 0.5) is 4.39 Å². The van der Waals surface area contributed by atoms with Crippen LogP contribution in [0.3, 0.4) is 0 Å². The van der Waals surface area contributed by atoms with Crippen molar-refractivity contribution in [3.8, 4) is 0 Å². The number of morpholine rings is 1. The molecular weight excluding hydrogens is 313 g/mol. The number of carbonyl (C=O) groups is 1. The summed E-state index contributed by atoms with van der Waals surface area (Å²) in [5.41, 5.74) is -0.735. The average Bonchev–Trinajstić information content (AvgIpc) is 2.39. The fraction of sp³-hybridized carbons (Fsp3) is 0.364. The Morgan fingerprint density at radius 2 is 1.95 bits per heavy atom. The van der Waals surface area contributed by atoms with Gasteiger partial charge in [-0.3, -0.25) is 0 Å². The van der Waals surface area contributed by atoms with Crippen molar-refractivity contribution in [1.29, 1.82) is 0 Å². The Labute approximate surface area is 119 Å². The molecule has 0 aliphatic carbocycles. The first-order chi connectivity index (χ1) is 9.34. The van der Waals surface area contributed by atoms with Gasteiger partial charge in [-0.1, -0.05) is 11.6 Å². The maximum Gasteiger partial charge on any atom is 0.338 e. The number of rotatable bonds is 3. The first-order valence-electron chi connectivity index (χ1n) is 5.64. The minimum atomic E-state index is -3.97. The highest BCUT2D eigenvalue weighted by atomic mass is 35.5. The molecule has 1 aliphatic heterocycles. The van der Waals surface area contributed by atoms with Gasteiger partial charge in [0, 0.05) is 13.1 Å². The number of aromatic carboxylic acids is 1. The van der Waals surface area contributed by atoms with E-state index in [0.717, 1.165) is 10.4 Å². The summed E-state index contributed by atoms with van der Waals surface area (Å²) in [5.74, 6) is -2.64. The highest BCUT2D eigenvalue weighted by Gasteiger charge is 2.30. The standard InChI is InChI=1S/C11H11ClFNO5S/c12-8-6-9(13)7(11(15)16)5-10(8)20(17,18)14-1-3-19-4-2-14/h5-6H,1-4H2,(H,15,16). The Kier molecular flexibility index (Phi) is 4.28. The number of sulfonamides is 1. The van der Waals surface area contributed by atoms with Crippen LogP contribution in [0.5, 0.6) is 0 Å². The molecule has 9 heteroatoms. The molecule has 1 aromatic rings. The Hall–Kier alpha value is -1.22. The minimum absolute atomic E-state index is 0.137. The van der Waals surface area contributed by atoms with Gasteiger partial charge < -0.3 is 9.84 Å². The molecule has 0 radical (unpaired) electrons. The van der Waals surface area contributed by atoms with Crippen molar-refractivity contribution in [3.05, 3.63) is 28.5 Å². The third kappa shape index (κ3) is 2.78. The zero-order valence-corrected chi connectivity index (χ0v) is 11.7. The van der Waals surface area contributed by atoms with Gasteiger partial charge in [0.2, 0.25) is 10.0 Å². The van der Waals surface area contributed by atoms with Crippen molar-refractivity contribution in [3.63, 3.8) is 0 Å². The normalized spacial score (nSPS) is 17.1. The number of nitrogens with zero attached hydrogens (tertiary/aromatic N) is 1. The molecule has 0 spiro atoms. The van der Waals surface area contributed by atoms with Crippen molar-refractivity contribution >= 4 is 27.6 Å². The molecule has 1 fully saturated rings. The van der Waals surface area contributed by atoms with E-state index in [1.54, 1.807) is 0 Å². The first kappa shape index (κ1) is 15.2. The predicted molar refractivity (Wildman–Crippen MR) is 67.9 cm³/mol. The fourth-order valence-electron chi connectivity index (χ4n) is 1.82. The highest BCUT2D eigenvalue weighted by molar-refractivity contribution is 7.89. The van der Waals surface area contributed by atoms with Crippen molar-refractivity contribution in [2.45, 2.75) is 4.90 Å². The summed E-state index contributed by atoms with van der Waals surface area (Å²) in [7, 11) is -3.97. The lowest BCUT2D eigenvalue weighted by Gasteiger charge is -2.26. The molecule has 1 aromatic carbocycles. The van der Waals surface area contributed by atoms with E-state index in [9.17, 15) is 17.6 Å². The van der Waals surface area contributed by atoms with Gasteiger partial charge in [0.1, 0.15) is 10.7 Å². The molecular formula is C11H11ClFNO5S. The number of carboxylic acid groups (broad SMARTS) is 1. The molecule has 1 heterocycles. The van der Waals surface area contributed by atoms with Gasteiger partial charge in [-0.05, 0) is 12.1 Å². The summed E-state index contributed by atoms with van der Waals surface area (Å²) in [6.07, 6.45) is 0. The molecule has 0 saturated carbocycles. The molecule has 0 atom stereocenters. The van der Waals surface area contributed by atoms with E-state index in [2.05, 4.69) is 0 Å². The maximum atomic E-state index is 13.4. The molecule has 0 aromatic heterocycles. The predicted octanol–water partition coefficient (Wildman–Crippen LogP) is 1.20. The quantitative estimate of drug-likeness (QED) is 0.903. The largest absolute Gasteiger partial charge is 0.478 e. The van der Waals surface area contributed by atoms with E-state index in [-0.39, 0.29) is 31.3 Å². The van der Waals surface area contributed by atoms with Crippen LogP contribution in [0.15, 0.2) is 17.0 Å². The first-order valence-corrected chi connectivity index (χ1v) is 7.46. The van der Waals surface area contributed by atoms with Crippen LogP contribution in [0.1, 0.15) is 10.4 Å². The van der Waals surface area contributed by atoms with Gasteiger partial charge in [-0.15, -0.1) is 0 Å². The van der Waals surface area contributed by atoms with Gasteiger partial charge in [0.25, 0.3) is 0 Å². The van der Waals surface area contributed by atoms with Crippen molar-refractivity contribution in [2.75, 3.05) is 26.3 Å². The summed E-state index contributed by atoms with van der Waals surface area (Å²) >= 11 is 5.74. The van der Waals surface area contributed by atoms with Crippen LogP contribution in [0.25, 0.3) is 0 Å². The van der Waals surface area contributed by atoms with Crippen LogP contribution in [-0.4, -0.2) is 50.1 Å². The zero-order valence-electron chi connectivity index (χ0n) is 10.2. The molecule has 0 bridgehead atoms. The van der Waals surface area contributed by atoms with Crippen molar-refractivity contribution in [1.82, 2.24) is 4.31 Å². The molecule has 0 amide bonds. The Bertz CT molecular complexity index is 642. The van der Waals surface area contributed by atoms with Gasteiger partial charge in [0.05, 0.1) is 23.8 Å². The monoisotopic (exact) mass is 323 g/mol. The summed E-state index contributed by atoms with van der Waals surface area (Å²) in [4.78, 5) is 10.5. The van der Waals surface area contributed by atoms with Gasteiger partial charge in [-0.2, -0.15) is 4.31 Å². The van der Waals surface area contributed by atoms with E-state index >= 15 is 0 Å². The molecule has 110 valence electrons. The second kappa shape index (κ2) is 5.65. The van der Waals surface area contributed by atoms with E-state index in [1.807, 2.05) is 0 Å². The van der Waals surface area contributed by atoms with E-state index in [0.29, 0.717) is 6.07 Å². The molecule has 1 N–H and O–H groups in total. The molecule has 2 rings (SSSR count). The molecule has 20 heavy (non-hydrogen) atoms. The van der Waals surface area contributed by atoms with Crippen LogP contribution < -0.4 is 0 Å². The van der Waals surface area contributed by atoms with Crippen LogP contribution >= 0.6 is 11.6 Å². The van der Waals surface area contributed by atoms with Crippen molar-refractivity contribution in [2.24, 2.45) is 0 Å². The maximum absolute atomic E-state index is 13.4. The zero-order chi connectivity index (χ0) is 14.9. The lowest BCUT2D eigenvalue weighted by atomic mass is 10.2. The number of carboxylic acids is 1. The lowest BCUT2D eigenvalue weighted by molar-refractivity contribution is 0.0691. The van der Waals surface area contributed by atoms with E-state index < -0.39 is 32.3 Å². The fourth-order valence-corrected chi connectivity index (χ4v) is 3.74. The lowest BCUT2D eigenvalue weighted by Crippen LogP contribution is -2.40.